The first-order valence-corrected chi connectivity index (χ1v) is 11.6. The van der Waals surface area contributed by atoms with Crippen molar-refractivity contribution in [2.75, 3.05) is 0 Å². The van der Waals surface area contributed by atoms with Gasteiger partial charge in [-0.2, -0.15) is 0 Å². The fraction of sp³-hybridized carbons (Fsp3) is 0.286. The second-order valence-electron chi connectivity index (χ2n) is 8.62. The van der Waals surface area contributed by atoms with Gasteiger partial charge >= 0.3 is 0 Å². The Morgan fingerprint density at radius 2 is 0.938 bits per heavy atom. The molecule has 0 spiro atoms. The molecular weight excluding hydrogens is 396 g/mol. The normalized spacial score (nSPS) is 11.9. The SMILES string of the molecule is CCc1cc(CC)c2[nH]c3cc4c(=O)c5cc(CC)cc(CC)c5[nH]c4cc3c(=O)c2c1. The molecule has 3 aromatic carbocycles. The Bertz CT molecular complexity index is 1530. The Kier molecular flexibility index (Phi) is 4.89. The van der Waals surface area contributed by atoms with E-state index in [0.717, 1.165) is 58.6 Å². The van der Waals surface area contributed by atoms with Crippen molar-refractivity contribution in [2.24, 2.45) is 0 Å². The van der Waals surface area contributed by atoms with Gasteiger partial charge in [0.25, 0.3) is 0 Å². The van der Waals surface area contributed by atoms with E-state index in [-0.39, 0.29) is 10.9 Å². The molecule has 4 heteroatoms. The highest BCUT2D eigenvalue weighted by atomic mass is 16.1. The number of hydrogen-bond donors (Lipinski definition) is 2. The van der Waals surface area contributed by atoms with Crippen LogP contribution in [-0.4, -0.2) is 9.97 Å². The molecule has 0 bridgehead atoms. The van der Waals surface area contributed by atoms with Gasteiger partial charge < -0.3 is 9.97 Å². The summed E-state index contributed by atoms with van der Waals surface area (Å²) in [4.78, 5) is 34.0. The topological polar surface area (TPSA) is 65.7 Å². The van der Waals surface area contributed by atoms with Crippen LogP contribution in [0.5, 0.6) is 0 Å². The number of H-pyrrole nitrogens is 2. The molecule has 2 N–H and O–H groups in total. The predicted molar refractivity (Wildman–Crippen MR) is 135 cm³/mol. The van der Waals surface area contributed by atoms with Gasteiger partial charge in [0.2, 0.25) is 0 Å². The van der Waals surface area contributed by atoms with Gasteiger partial charge in [-0.15, -0.1) is 0 Å². The van der Waals surface area contributed by atoms with Crippen molar-refractivity contribution in [3.05, 3.63) is 79.1 Å². The van der Waals surface area contributed by atoms with Gasteiger partial charge in [-0.05, 0) is 72.2 Å². The number of rotatable bonds is 4. The number of aryl methyl sites for hydroxylation is 4. The maximum Gasteiger partial charge on any atom is 0.197 e. The van der Waals surface area contributed by atoms with Gasteiger partial charge in [0.05, 0.1) is 22.1 Å². The van der Waals surface area contributed by atoms with E-state index in [1.165, 1.54) is 11.1 Å². The number of nitrogens with one attached hydrogen (secondary N) is 2. The van der Waals surface area contributed by atoms with Crippen molar-refractivity contribution in [1.29, 1.82) is 0 Å². The summed E-state index contributed by atoms with van der Waals surface area (Å²) in [6, 6.07) is 12.0. The first kappa shape index (κ1) is 20.5. The second-order valence-corrected chi connectivity index (χ2v) is 8.62. The Balaban J connectivity index is 1.94. The first-order chi connectivity index (χ1) is 15.5. The first-order valence-electron chi connectivity index (χ1n) is 11.6. The van der Waals surface area contributed by atoms with Crippen molar-refractivity contribution in [3.63, 3.8) is 0 Å². The number of aromatic amines is 2. The van der Waals surface area contributed by atoms with E-state index >= 15 is 0 Å². The lowest BCUT2D eigenvalue weighted by Gasteiger charge is -2.12. The van der Waals surface area contributed by atoms with E-state index in [2.05, 4.69) is 49.8 Å². The zero-order valence-corrected chi connectivity index (χ0v) is 19.1. The lowest BCUT2D eigenvalue weighted by molar-refractivity contribution is 1.10. The van der Waals surface area contributed by atoms with Gasteiger partial charge in [-0.3, -0.25) is 9.59 Å². The highest BCUT2D eigenvalue weighted by molar-refractivity contribution is 6.03. The lowest BCUT2D eigenvalue weighted by atomic mass is 9.98. The van der Waals surface area contributed by atoms with E-state index in [1.54, 1.807) is 0 Å². The van der Waals surface area contributed by atoms with E-state index in [9.17, 15) is 9.59 Å². The quantitative estimate of drug-likeness (QED) is 0.351. The molecule has 2 heterocycles. The Labute approximate surface area is 186 Å². The Morgan fingerprint density at radius 1 is 0.531 bits per heavy atom. The highest BCUT2D eigenvalue weighted by Gasteiger charge is 2.14. The summed E-state index contributed by atoms with van der Waals surface area (Å²) in [5, 5.41) is 2.66. The molecule has 2 aromatic heterocycles. The van der Waals surface area contributed by atoms with E-state index in [1.807, 2.05) is 24.3 Å². The fourth-order valence-corrected chi connectivity index (χ4v) is 4.90. The molecule has 0 unspecified atom stereocenters. The van der Waals surface area contributed by atoms with Gasteiger partial charge in [-0.1, -0.05) is 39.8 Å². The molecule has 0 atom stereocenters. The molecule has 5 aromatic rings. The summed E-state index contributed by atoms with van der Waals surface area (Å²) in [5.41, 5.74) is 7.79. The molecule has 0 amide bonds. The molecular formula is C28H28N2O2. The predicted octanol–water partition coefficient (Wildman–Crippen LogP) is 5.93. The van der Waals surface area contributed by atoms with Crippen LogP contribution >= 0.6 is 0 Å². The molecule has 32 heavy (non-hydrogen) atoms. The molecule has 4 nitrogen and oxygen atoms in total. The van der Waals surface area contributed by atoms with Crippen LogP contribution in [0.3, 0.4) is 0 Å². The zero-order chi connectivity index (χ0) is 22.6. The molecule has 0 aliphatic rings. The molecule has 0 saturated carbocycles. The standard InChI is InChI=1S/C28H28N2O2/c1-5-15-9-17(7-3)25-21(11-15)27(31)19-13-24-20(14-23(19)29-25)28(32)22-12-16(6-2)10-18(8-4)26(22)30-24/h9-14H,5-8H2,1-4H3,(H,29,31)(H,30,32). The maximum absolute atomic E-state index is 13.5. The molecule has 0 saturated heterocycles. The third-order valence-electron chi connectivity index (χ3n) is 6.79. The maximum atomic E-state index is 13.5. The molecule has 0 aliphatic heterocycles. The van der Waals surface area contributed by atoms with Crippen LogP contribution in [0.4, 0.5) is 0 Å². The molecule has 0 fully saturated rings. The zero-order valence-electron chi connectivity index (χ0n) is 19.1. The molecule has 5 rings (SSSR count). The second kappa shape index (κ2) is 7.63. The smallest absolute Gasteiger partial charge is 0.197 e. The molecule has 0 radical (unpaired) electrons. The number of fused-ring (bicyclic) bond motifs is 4. The summed E-state index contributed by atoms with van der Waals surface area (Å²) >= 11 is 0. The van der Waals surface area contributed by atoms with Gasteiger partial charge in [0, 0.05) is 21.5 Å². The van der Waals surface area contributed by atoms with Crippen molar-refractivity contribution < 1.29 is 0 Å². The number of benzene rings is 3. The van der Waals surface area contributed by atoms with Crippen molar-refractivity contribution in [1.82, 2.24) is 9.97 Å². The van der Waals surface area contributed by atoms with Gasteiger partial charge in [0.15, 0.2) is 10.9 Å². The highest BCUT2D eigenvalue weighted by Crippen LogP contribution is 2.26. The number of hydrogen-bond acceptors (Lipinski definition) is 2. The van der Waals surface area contributed by atoms with E-state index in [0.29, 0.717) is 21.8 Å². The van der Waals surface area contributed by atoms with Crippen molar-refractivity contribution in [3.8, 4) is 0 Å². The average molecular weight is 425 g/mol. The van der Waals surface area contributed by atoms with Crippen LogP contribution in [0, 0.1) is 0 Å². The Hall–Kier alpha value is -3.40. The van der Waals surface area contributed by atoms with Crippen LogP contribution in [0.1, 0.15) is 49.9 Å². The summed E-state index contributed by atoms with van der Waals surface area (Å²) < 4.78 is 0. The average Bonchev–Trinajstić information content (AvgIpc) is 2.82. The van der Waals surface area contributed by atoms with Gasteiger partial charge in [0.1, 0.15) is 0 Å². The summed E-state index contributed by atoms with van der Waals surface area (Å²) in [6.07, 6.45) is 3.45. The summed E-state index contributed by atoms with van der Waals surface area (Å²) in [5.74, 6) is 0. The monoisotopic (exact) mass is 424 g/mol. The van der Waals surface area contributed by atoms with Crippen LogP contribution in [-0.2, 0) is 25.7 Å². The minimum atomic E-state index is 0.0126. The minimum absolute atomic E-state index is 0.0126. The van der Waals surface area contributed by atoms with E-state index in [4.69, 9.17) is 0 Å². The van der Waals surface area contributed by atoms with Crippen LogP contribution in [0.2, 0.25) is 0 Å². The van der Waals surface area contributed by atoms with Gasteiger partial charge in [-0.25, -0.2) is 0 Å². The third-order valence-corrected chi connectivity index (χ3v) is 6.79. The number of aromatic nitrogens is 2. The fourth-order valence-electron chi connectivity index (χ4n) is 4.90. The Morgan fingerprint density at radius 3 is 1.28 bits per heavy atom. The molecule has 0 aliphatic carbocycles. The lowest BCUT2D eigenvalue weighted by Crippen LogP contribution is -2.10. The van der Waals surface area contributed by atoms with Crippen molar-refractivity contribution >= 4 is 43.6 Å². The molecule has 162 valence electrons. The third kappa shape index (κ3) is 2.97. The van der Waals surface area contributed by atoms with Crippen LogP contribution in [0.25, 0.3) is 43.6 Å². The van der Waals surface area contributed by atoms with Crippen molar-refractivity contribution in [2.45, 2.75) is 53.4 Å². The summed E-state index contributed by atoms with van der Waals surface area (Å²) in [6.45, 7) is 8.41. The minimum Gasteiger partial charge on any atom is -0.354 e. The summed E-state index contributed by atoms with van der Waals surface area (Å²) in [7, 11) is 0. The van der Waals surface area contributed by atoms with Crippen LogP contribution in [0.15, 0.2) is 46.0 Å². The van der Waals surface area contributed by atoms with Crippen LogP contribution < -0.4 is 10.9 Å². The van der Waals surface area contributed by atoms with E-state index < -0.39 is 0 Å². The largest absolute Gasteiger partial charge is 0.354 e. The number of pyridine rings is 2.